The summed E-state index contributed by atoms with van der Waals surface area (Å²) in [5.74, 6) is 2.25. The van der Waals surface area contributed by atoms with Gasteiger partial charge < -0.3 is 15.1 Å². The van der Waals surface area contributed by atoms with Crippen molar-refractivity contribution in [2.24, 2.45) is 0 Å². The highest BCUT2D eigenvalue weighted by Gasteiger charge is 2.21. The molecule has 1 aliphatic rings. The Balaban J connectivity index is 1.40. The van der Waals surface area contributed by atoms with Crippen LogP contribution in [0.1, 0.15) is 18.0 Å². The molecule has 3 heterocycles. The van der Waals surface area contributed by atoms with E-state index in [2.05, 4.69) is 25.7 Å². The first-order valence-electron chi connectivity index (χ1n) is 8.14. The van der Waals surface area contributed by atoms with Crippen LogP contribution in [0, 0.1) is 6.92 Å². The summed E-state index contributed by atoms with van der Waals surface area (Å²) in [7, 11) is 0. The van der Waals surface area contributed by atoms with Crippen molar-refractivity contribution in [1.29, 1.82) is 0 Å². The number of aromatic nitrogens is 4. The van der Waals surface area contributed by atoms with Gasteiger partial charge in [0.25, 0.3) is 0 Å². The highest BCUT2D eigenvalue weighted by Crippen LogP contribution is 2.22. The fraction of sp³-hybridized carbons (Fsp3) is 0.294. The Morgan fingerprint density at radius 3 is 3.12 bits per heavy atom. The van der Waals surface area contributed by atoms with Gasteiger partial charge in [-0.05, 0) is 31.5 Å². The van der Waals surface area contributed by atoms with Crippen molar-refractivity contribution >= 4 is 11.7 Å². The Morgan fingerprint density at radius 1 is 1.36 bits per heavy atom. The van der Waals surface area contributed by atoms with Crippen molar-refractivity contribution in [2.45, 2.75) is 32.4 Å². The first-order valence-corrected chi connectivity index (χ1v) is 8.14. The Kier molecular flexibility index (Phi) is 3.93. The summed E-state index contributed by atoms with van der Waals surface area (Å²) in [6.07, 6.45) is 4.88. The number of amides is 2. The predicted octanol–water partition coefficient (Wildman–Crippen LogP) is 2.38. The molecule has 2 N–H and O–H groups in total. The molecule has 1 aliphatic heterocycles. The van der Waals surface area contributed by atoms with E-state index in [-0.39, 0.29) is 12.1 Å². The van der Waals surface area contributed by atoms with Gasteiger partial charge in [0.1, 0.15) is 17.9 Å². The molecule has 8 heteroatoms. The molecule has 25 heavy (non-hydrogen) atoms. The molecule has 0 aliphatic carbocycles. The van der Waals surface area contributed by atoms with Gasteiger partial charge in [-0.1, -0.05) is 6.07 Å². The molecule has 8 nitrogen and oxygen atoms in total. The van der Waals surface area contributed by atoms with Crippen LogP contribution in [-0.4, -0.2) is 31.8 Å². The third-order valence-corrected chi connectivity index (χ3v) is 4.13. The van der Waals surface area contributed by atoms with Gasteiger partial charge >= 0.3 is 6.03 Å². The standard InChI is InChI=1S/C17H18N6O2/c1-11-8-18-16(25-11)12-3-2-4-13(7-12)21-17(24)22-14-5-6-15-19-10-20-23(15)9-14/h2-4,7-8,10,14H,5-6,9H2,1H3,(H2,21,22,24)/t14-/m0/s1. The highest BCUT2D eigenvalue weighted by atomic mass is 16.4. The number of benzene rings is 1. The smallest absolute Gasteiger partial charge is 0.319 e. The molecule has 3 aromatic rings. The number of rotatable bonds is 3. The Morgan fingerprint density at radius 2 is 2.28 bits per heavy atom. The summed E-state index contributed by atoms with van der Waals surface area (Å²) in [6.45, 7) is 2.48. The van der Waals surface area contributed by atoms with Crippen LogP contribution in [0.3, 0.4) is 0 Å². The van der Waals surface area contributed by atoms with E-state index in [4.69, 9.17) is 4.42 Å². The number of oxazole rings is 1. The molecule has 2 amide bonds. The molecule has 0 radical (unpaired) electrons. The van der Waals surface area contributed by atoms with Crippen molar-refractivity contribution in [3.63, 3.8) is 0 Å². The summed E-state index contributed by atoms with van der Waals surface area (Å²) >= 11 is 0. The van der Waals surface area contributed by atoms with E-state index in [9.17, 15) is 4.79 Å². The van der Waals surface area contributed by atoms with Gasteiger partial charge in [0.05, 0.1) is 18.8 Å². The summed E-state index contributed by atoms with van der Waals surface area (Å²) in [5, 5.41) is 10.0. The topological polar surface area (TPSA) is 97.9 Å². The van der Waals surface area contributed by atoms with Crippen LogP contribution in [0.4, 0.5) is 10.5 Å². The number of nitrogens with zero attached hydrogens (tertiary/aromatic N) is 4. The molecule has 0 fully saturated rings. The second kappa shape index (κ2) is 6.39. The Labute approximate surface area is 144 Å². The number of fused-ring (bicyclic) bond motifs is 1. The van der Waals surface area contributed by atoms with Crippen molar-refractivity contribution in [2.75, 3.05) is 5.32 Å². The lowest BCUT2D eigenvalue weighted by atomic mass is 10.1. The van der Waals surface area contributed by atoms with Gasteiger partial charge in [0.2, 0.25) is 5.89 Å². The van der Waals surface area contributed by atoms with E-state index in [1.807, 2.05) is 35.9 Å². The SMILES string of the molecule is Cc1cnc(-c2cccc(NC(=O)N[C@H]3CCc4ncnn4C3)c2)o1. The van der Waals surface area contributed by atoms with Gasteiger partial charge in [-0.2, -0.15) is 5.10 Å². The lowest BCUT2D eigenvalue weighted by Crippen LogP contribution is -2.43. The molecular weight excluding hydrogens is 320 g/mol. The van der Waals surface area contributed by atoms with Crippen LogP contribution >= 0.6 is 0 Å². The van der Waals surface area contributed by atoms with Crippen LogP contribution < -0.4 is 10.6 Å². The molecule has 128 valence electrons. The summed E-state index contributed by atoms with van der Waals surface area (Å²) < 4.78 is 7.35. The molecular formula is C17H18N6O2. The van der Waals surface area contributed by atoms with Crippen molar-refractivity contribution in [3.05, 3.63) is 48.4 Å². The second-order valence-electron chi connectivity index (χ2n) is 6.05. The fourth-order valence-electron chi connectivity index (χ4n) is 2.93. The predicted molar refractivity (Wildman–Crippen MR) is 91.0 cm³/mol. The van der Waals surface area contributed by atoms with Gasteiger partial charge in [-0.3, -0.25) is 0 Å². The molecule has 1 aromatic carbocycles. The van der Waals surface area contributed by atoms with E-state index in [1.54, 1.807) is 12.5 Å². The van der Waals surface area contributed by atoms with E-state index < -0.39 is 0 Å². The molecule has 2 aromatic heterocycles. The summed E-state index contributed by atoms with van der Waals surface area (Å²) in [6, 6.07) is 7.20. The number of anilines is 1. The molecule has 0 saturated heterocycles. The van der Waals surface area contributed by atoms with E-state index in [0.717, 1.165) is 30.0 Å². The van der Waals surface area contributed by atoms with Crippen molar-refractivity contribution < 1.29 is 9.21 Å². The highest BCUT2D eigenvalue weighted by molar-refractivity contribution is 5.90. The molecule has 0 saturated carbocycles. The average Bonchev–Trinajstić information content (AvgIpc) is 3.23. The van der Waals surface area contributed by atoms with Crippen LogP contribution in [0.15, 0.2) is 41.2 Å². The van der Waals surface area contributed by atoms with Gasteiger partial charge in [0, 0.05) is 17.7 Å². The minimum atomic E-state index is -0.241. The number of carbonyl (C=O) groups is 1. The third kappa shape index (κ3) is 3.37. The zero-order chi connectivity index (χ0) is 17.2. The van der Waals surface area contributed by atoms with E-state index in [0.29, 0.717) is 18.1 Å². The molecule has 4 rings (SSSR count). The van der Waals surface area contributed by atoms with E-state index >= 15 is 0 Å². The quantitative estimate of drug-likeness (QED) is 0.764. The van der Waals surface area contributed by atoms with Crippen molar-refractivity contribution in [1.82, 2.24) is 25.1 Å². The zero-order valence-corrected chi connectivity index (χ0v) is 13.8. The van der Waals surface area contributed by atoms with Gasteiger partial charge in [-0.15, -0.1) is 0 Å². The minimum Gasteiger partial charge on any atom is -0.441 e. The Bertz CT molecular complexity index is 900. The van der Waals surface area contributed by atoms with Crippen LogP contribution in [0.25, 0.3) is 11.5 Å². The maximum Gasteiger partial charge on any atom is 0.319 e. The zero-order valence-electron chi connectivity index (χ0n) is 13.8. The Hall–Kier alpha value is -3.16. The second-order valence-corrected chi connectivity index (χ2v) is 6.05. The first-order chi connectivity index (χ1) is 12.2. The monoisotopic (exact) mass is 338 g/mol. The lowest BCUT2D eigenvalue weighted by molar-refractivity contribution is 0.243. The first kappa shape index (κ1) is 15.4. The van der Waals surface area contributed by atoms with Crippen LogP contribution in [0.2, 0.25) is 0 Å². The maximum absolute atomic E-state index is 12.3. The largest absolute Gasteiger partial charge is 0.441 e. The maximum atomic E-state index is 12.3. The average molecular weight is 338 g/mol. The fourth-order valence-corrected chi connectivity index (χ4v) is 2.93. The number of carbonyl (C=O) groups excluding carboxylic acids is 1. The third-order valence-electron chi connectivity index (χ3n) is 4.13. The number of urea groups is 1. The molecule has 1 atom stereocenters. The number of hydrogen-bond donors (Lipinski definition) is 2. The minimum absolute atomic E-state index is 0.0340. The molecule has 0 spiro atoms. The summed E-state index contributed by atoms with van der Waals surface area (Å²) in [4.78, 5) is 20.7. The lowest BCUT2D eigenvalue weighted by Gasteiger charge is -2.23. The van der Waals surface area contributed by atoms with Gasteiger partial charge in [-0.25, -0.2) is 19.4 Å². The number of nitrogens with one attached hydrogen (secondary N) is 2. The van der Waals surface area contributed by atoms with Crippen LogP contribution in [-0.2, 0) is 13.0 Å². The van der Waals surface area contributed by atoms with E-state index in [1.165, 1.54) is 0 Å². The molecule has 0 bridgehead atoms. The normalized spacial score (nSPS) is 16.3. The van der Waals surface area contributed by atoms with Gasteiger partial charge in [0.15, 0.2) is 0 Å². The van der Waals surface area contributed by atoms with Crippen molar-refractivity contribution in [3.8, 4) is 11.5 Å². The van der Waals surface area contributed by atoms with Crippen LogP contribution in [0.5, 0.6) is 0 Å². The number of aryl methyl sites for hydroxylation is 2. The molecule has 0 unspecified atom stereocenters. The summed E-state index contributed by atoms with van der Waals surface area (Å²) in [5.41, 5.74) is 1.50. The number of hydrogen-bond acceptors (Lipinski definition) is 5.